The molecule has 3 heterocycles. The molecule has 0 aliphatic carbocycles. The number of rotatable bonds is 6. The molecule has 2 aliphatic heterocycles. The molecule has 4 N–H and O–H groups in total. The molecule has 1 aromatic heterocycles. The summed E-state index contributed by atoms with van der Waals surface area (Å²) >= 11 is 0. The highest BCUT2D eigenvalue weighted by Gasteiger charge is 2.27. The molecule has 176 valence electrons. The first kappa shape index (κ1) is 22.6. The number of pyridine rings is 1. The Morgan fingerprint density at radius 2 is 1.85 bits per heavy atom. The molecular weight excluding hydrogens is 429 g/mol. The van der Waals surface area contributed by atoms with E-state index < -0.39 is 17.9 Å². The zero-order valence-electron chi connectivity index (χ0n) is 18.5. The van der Waals surface area contributed by atoms with Gasteiger partial charge in [0.25, 0.3) is 0 Å². The molecule has 0 radical (unpaired) electrons. The van der Waals surface area contributed by atoms with E-state index in [4.69, 9.17) is 20.9 Å². The van der Waals surface area contributed by atoms with Crippen LogP contribution in [0.4, 0.5) is 26.4 Å². The summed E-state index contributed by atoms with van der Waals surface area (Å²) in [5.74, 6) is 0.126. The average Bonchev–Trinajstić information content (AvgIpc) is 2.78. The van der Waals surface area contributed by atoms with Crippen molar-refractivity contribution in [2.45, 2.75) is 12.7 Å². The Labute approximate surface area is 191 Å². The zero-order chi connectivity index (χ0) is 23.4. The fraction of sp³-hybridized carbons (Fsp3) is 0.409. The van der Waals surface area contributed by atoms with Crippen molar-refractivity contribution in [3.63, 3.8) is 0 Å². The second-order valence-electron chi connectivity index (χ2n) is 7.95. The third-order valence-electron chi connectivity index (χ3n) is 5.85. The van der Waals surface area contributed by atoms with Gasteiger partial charge in [0.05, 0.1) is 23.7 Å². The van der Waals surface area contributed by atoms with Crippen LogP contribution in [-0.4, -0.2) is 69.5 Å². The van der Waals surface area contributed by atoms with Crippen molar-refractivity contribution in [2.75, 3.05) is 61.1 Å². The lowest BCUT2D eigenvalue weighted by atomic mass is 10.1. The summed E-state index contributed by atoms with van der Waals surface area (Å²) in [6.45, 7) is 4.24. The molecule has 2 aliphatic rings. The van der Waals surface area contributed by atoms with Gasteiger partial charge in [-0.3, -0.25) is 0 Å². The third kappa shape index (κ3) is 5.25. The lowest BCUT2D eigenvalue weighted by Gasteiger charge is -2.39. The minimum atomic E-state index is -0.958. The number of piperazine rings is 1. The molecule has 2 aromatic rings. The van der Waals surface area contributed by atoms with Gasteiger partial charge in [-0.2, -0.15) is 0 Å². The first-order valence-electron chi connectivity index (χ1n) is 10.7. The predicted molar refractivity (Wildman–Crippen MR) is 124 cm³/mol. The third-order valence-corrected chi connectivity index (χ3v) is 5.85. The van der Waals surface area contributed by atoms with Crippen LogP contribution in [0.25, 0.3) is 0 Å². The van der Waals surface area contributed by atoms with E-state index in [2.05, 4.69) is 25.8 Å². The molecule has 0 unspecified atom stereocenters. The van der Waals surface area contributed by atoms with Crippen molar-refractivity contribution < 1.29 is 18.7 Å². The highest BCUT2D eigenvalue weighted by molar-refractivity contribution is 5.87. The number of methoxy groups -OCH3 is 1. The van der Waals surface area contributed by atoms with Crippen LogP contribution in [0.3, 0.4) is 0 Å². The summed E-state index contributed by atoms with van der Waals surface area (Å²) in [6.07, 6.45) is 1.21. The van der Waals surface area contributed by atoms with Crippen molar-refractivity contribution >= 4 is 29.2 Å². The molecular formula is C22H28FN7O3. The number of aromatic nitrogens is 1. The van der Waals surface area contributed by atoms with Gasteiger partial charge in [-0.15, -0.1) is 4.99 Å². The van der Waals surface area contributed by atoms with E-state index in [0.717, 1.165) is 37.7 Å². The molecule has 2 fully saturated rings. The number of carbonyl (C=O) groups excluding carboxylic acids is 1. The monoisotopic (exact) mass is 457 g/mol. The fourth-order valence-electron chi connectivity index (χ4n) is 3.93. The van der Waals surface area contributed by atoms with Gasteiger partial charge in [-0.1, -0.05) is 12.1 Å². The zero-order valence-corrected chi connectivity index (χ0v) is 18.5. The number of hydrogen-bond acceptors (Lipinski definition) is 7. The maximum atomic E-state index is 15.0. The fourth-order valence-corrected chi connectivity index (χ4v) is 3.93. The van der Waals surface area contributed by atoms with E-state index in [1.165, 1.54) is 0 Å². The molecule has 33 heavy (non-hydrogen) atoms. The van der Waals surface area contributed by atoms with Crippen LogP contribution in [0.15, 0.2) is 41.5 Å². The summed E-state index contributed by atoms with van der Waals surface area (Å²) in [5.41, 5.74) is 12.1. The van der Waals surface area contributed by atoms with Gasteiger partial charge in [-0.05, 0) is 18.2 Å². The summed E-state index contributed by atoms with van der Waals surface area (Å²) in [7, 11) is 1.73. The van der Waals surface area contributed by atoms with Gasteiger partial charge in [0.2, 0.25) is 0 Å². The Kier molecular flexibility index (Phi) is 6.78. The second kappa shape index (κ2) is 9.90. The Hall–Kier alpha value is -3.60. The van der Waals surface area contributed by atoms with Gasteiger partial charge < -0.3 is 35.6 Å². The maximum absolute atomic E-state index is 15.0. The van der Waals surface area contributed by atoms with Crippen molar-refractivity contribution in [3.05, 3.63) is 47.9 Å². The van der Waals surface area contributed by atoms with E-state index in [0.29, 0.717) is 18.8 Å². The van der Waals surface area contributed by atoms with Crippen molar-refractivity contribution in [1.29, 1.82) is 0 Å². The van der Waals surface area contributed by atoms with Crippen molar-refractivity contribution in [3.8, 4) is 0 Å². The van der Waals surface area contributed by atoms with Gasteiger partial charge in [-0.25, -0.2) is 14.2 Å². The number of hydrogen-bond donors (Lipinski definition) is 2. The van der Waals surface area contributed by atoms with Gasteiger partial charge in [0, 0.05) is 51.9 Å². The quantitative estimate of drug-likeness (QED) is 0.488. The Bertz CT molecular complexity index is 1000. The van der Waals surface area contributed by atoms with Crippen molar-refractivity contribution in [1.82, 2.24) is 4.98 Å². The predicted octanol–water partition coefficient (Wildman–Crippen LogP) is 1.29. The number of nitrogens with two attached hydrogens (primary N) is 2. The number of halogens is 1. The molecule has 0 saturated carbocycles. The van der Waals surface area contributed by atoms with Gasteiger partial charge in [0.15, 0.2) is 11.8 Å². The normalized spacial score (nSPS) is 16.4. The number of amides is 1. The first-order valence-corrected chi connectivity index (χ1v) is 10.7. The molecule has 0 bridgehead atoms. The van der Waals surface area contributed by atoms with Crippen LogP contribution in [0.5, 0.6) is 0 Å². The minimum Gasteiger partial charge on any atom is -0.443 e. The number of nitrogens with zero attached hydrogens (tertiary/aromatic N) is 5. The molecule has 0 atom stereocenters. The first-order chi connectivity index (χ1) is 15.9. The highest BCUT2D eigenvalue weighted by Crippen LogP contribution is 2.27. The van der Waals surface area contributed by atoms with Crippen LogP contribution in [0.2, 0.25) is 0 Å². The average molecular weight is 458 g/mol. The van der Waals surface area contributed by atoms with Gasteiger partial charge in [0.1, 0.15) is 12.4 Å². The number of benzene rings is 1. The van der Waals surface area contributed by atoms with Crippen LogP contribution in [0.1, 0.15) is 5.56 Å². The molecule has 2 saturated heterocycles. The summed E-state index contributed by atoms with van der Waals surface area (Å²) in [4.78, 5) is 25.7. The molecule has 1 amide bonds. The highest BCUT2D eigenvalue weighted by atomic mass is 19.1. The Morgan fingerprint density at radius 3 is 2.48 bits per heavy atom. The Balaban J connectivity index is 1.33. The molecule has 0 spiro atoms. The number of anilines is 3. The van der Waals surface area contributed by atoms with E-state index in [9.17, 15) is 4.79 Å². The maximum Gasteiger partial charge on any atom is 0.437 e. The van der Waals surface area contributed by atoms with Crippen LogP contribution < -0.4 is 26.2 Å². The lowest BCUT2D eigenvalue weighted by molar-refractivity contribution is 0.0783. The summed E-state index contributed by atoms with van der Waals surface area (Å²) in [5, 5.41) is 0. The smallest absolute Gasteiger partial charge is 0.437 e. The van der Waals surface area contributed by atoms with Gasteiger partial charge >= 0.3 is 6.09 Å². The van der Waals surface area contributed by atoms with E-state index in [1.54, 1.807) is 25.3 Å². The second-order valence-corrected chi connectivity index (χ2v) is 7.95. The minimum absolute atomic E-state index is 0.255. The Morgan fingerprint density at radius 1 is 1.12 bits per heavy atom. The van der Waals surface area contributed by atoms with Crippen molar-refractivity contribution in [2.24, 2.45) is 16.5 Å². The number of guanidine groups is 1. The molecule has 4 rings (SSSR count). The molecule has 1 aromatic carbocycles. The number of aliphatic imine (C=N–C) groups is 1. The number of carbonyl (C=O) groups is 1. The van der Waals surface area contributed by atoms with E-state index in [1.807, 2.05) is 17.2 Å². The summed E-state index contributed by atoms with van der Waals surface area (Å²) < 4.78 is 25.3. The largest absolute Gasteiger partial charge is 0.443 e. The number of ether oxygens (including phenoxy) is 2. The van der Waals surface area contributed by atoms with E-state index >= 15 is 4.39 Å². The van der Waals surface area contributed by atoms with Crippen LogP contribution in [0, 0.1) is 5.82 Å². The topological polar surface area (TPSA) is 123 Å². The molecule has 10 nitrogen and oxygen atoms in total. The summed E-state index contributed by atoms with van der Waals surface area (Å²) in [6, 6.07) is 9.13. The SMILES string of the molecule is COC1CN(c2ccc(N3CCN(c4cccc(COC(=O)N=C(N)N)c4F)CC3)cn2)C1. The standard InChI is InChI=1S/C22H28FN7O3/c1-32-17-12-30(13-17)19-6-5-16(11-26-19)28-7-9-29(10-8-28)18-4-2-3-15(20(18)23)14-33-22(31)27-21(24)25/h2-6,11,17H,7-10,12-14H2,1H3,(H4,24,25,27,31). The molecule has 11 heteroatoms. The van der Waals surface area contributed by atoms with Crippen LogP contribution >= 0.6 is 0 Å². The van der Waals surface area contributed by atoms with Crippen LogP contribution in [-0.2, 0) is 16.1 Å². The van der Waals surface area contributed by atoms with E-state index in [-0.39, 0.29) is 18.3 Å². The lowest BCUT2D eigenvalue weighted by Crippen LogP contribution is -2.52.